The van der Waals surface area contributed by atoms with E-state index in [1.54, 1.807) is 50.5 Å². The van der Waals surface area contributed by atoms with Gasteiger partial charge in [-0.3, -0.25) is 14.7 Å². The van der Waals surface area contributed by atoms with Crippen molar-refractivity contribution in [3.63, 3.8) is 0 Å². The molecule has 4 heterocycles. The summed E-state index contributed by atoms with van der Waals surface area (Å²) in [6, 6.07) is 0. The first-order valence-electron chi connectivity index (χ1n) is 10.1. The summed E-state index contributed by atoms with van der Waals surface area (Å²) in [6.07, 6.45) is 0. The minimum absolute atomic E-state index is 0.364. The second-order valence-corrected chi connectivity index (χ2v) is 8.07. The van der Waals surface area contributed by atoms with Crippen LogP contribution in [-0.4, -0.2) is 108 Å². The van der Waals surface area contributed by atoms with E-state index < -0.39 is 0 Å². The van der Waals surface area contributed by atoms with Gasteiger partial charge in [-0.1, -0.05) is 0 Å². The van der Waals surface area contributed by atoms with Gasteiger partial charge in [-0.25, -0.2) is 0 Å². The summed E-state index contributed by atoms with van der Waals surface area (Å²) in [5, 5.41) is 0. The minimum atomic E-state index is 0.364. The number of hydrogen-bond acceptors (Lipinski definition) is 15. The lowest BCUT2D eigenvalue weighted by Gasteiger charge is -2.26. The second-order valence-electron chi connectivity index (χ2n) is 8.07. The molecule has 4 rings (SSSR count). The van der Waals surface area contributed by atoms with E-state index >= 15 is 0 Å². The number of rotatable bonds is 3. The summed E-state index contributed by atoms with van der Waals surface area (Å²) in [5.41, 5.74) is 0. The molecule has 0 atom stereocenters. The molecule has 15 nitrogen and oxygen atoms in total. The average molecular weight is 454 g/mol. The standard InChI is InChI=1S/C18H27N15/c1-28(2)10-19-13-25-14(20-10)32(8)16-22-12(30(5)6)24-18(27-16)33(9)17-23-11(29(3)4)21-15(26-17)31(13)7/h1-9H3. The first kappa shape index (κ1) is 22.0. The predicted molar refractivity (Wildman–Crippen MR) is 127 cm³/mol. The van der Waals surface area contributed by atoms with Gasteiger partial charge in [0.1, 0.15) is 0 Å². The summed E-state index contributed by atoms with van der Waals surface area (Å²) in [6.45, 7) is 0. The summed E-state index contributed by atoms with van der Waals surface area (Å²) in [7, 11) is 16.5. The van der Waals surface area contributed by atoms with Gasteiger partial charge in [0, 0.05) is 63.4 Å². The molecule has 3 aromatic heterocycles. The lowest BCUT2D eigenvalue weighted by Crippen LogP contribution is -2.28. The van der Waals surface area contributed by atoms with Crippen molar-refractivity contribution in [2.75, 3.05) is 92.8 Å². The molecule has 6 bridgehead atoms. The van der Waals surface area contributed by atoms with E-state index in [1.807, 2.05) is 42.3 Å². The van der Waals surface area contributed by atoms with Crippen LogP contribution >= 0.6 is 0 Å². The Hall–Kier alpha value is -4.17. The van der Waals surface area contributed by atoms with Gasteiger partial charge in [0.05, 0.1) is 0 Å². The molecule has 1 aliphatic rings. The number of anilines is 9. The molecule has 0 aliphatic carbocycles. The molecule has 0 saturated carbocycles. The zero-order chi connectivity index (χ0) is 24.0. The summed E-state index contributed by atoms with van der Waals surface area (Å²) < 4.78 is 0. The molecule has 0 unspecified atom stereocenters. The van der Waals surface area contributed by atoms with Crippen LogP contribution in [0.25, 0.3) is 0 Å². The van der Waals surface area contributed by atoms with Gasteiger partial charge in [-0.05, 0) is 0 Å². The molecule has 0 amide bonds. The fourth-order valence-electron chi connectivity index (χ4n) is 2.80. The SMILES string of the molecule is CN(C)c1nc2nc(n1)N(C)c1nc(N(C)C)nc(n1)N(C)c1nc(N(C)C)nc(n1)N2C. The maximum atomic E-state index is 4.65. The minimum Gasteiger partial charge on any atom is -0.347 e. The molecule has 174 valence electrons. The van der Waals surface area contributed by atoms with Crippen LogP contribution in [0, 0.1) is 0 Å². The lowest BCUT2D eigenvalue weighted by molar-refractivity contribution is 0.837. The van der Waals surface area contributed by atoms with E-state index in [2.05, 4.69) is 44.9 Å². The Morgan fingerprint density at radius 2 is 0.545 bits per heavy atom. The maximum absolute atomic E-state index is 4.65. The van der Waals surface area contributed by atoms with Gasteiger partial charge in [-0.2, -0.15) is 44.9 Å². The van der Waals surface area contributed by atoms with Crippen LogP contribution < -0.4 is 29.4 Å². The van der Waals surface area contributed by atoms with Crippen LogP contribution in [0.4, 0.5) is 53.5 Å². The maximum Gasteiger partial charge on any atom is 0.238 e. The van der Waals surface area contributed by atoms with Crippen LogP contribution in [0.5, 0.6) is 0 Å². The third-order valence-electron chi connectivity index (χ3n) is 4.80. The highest BCUT2D eigenvalue weighted by Crippen LogP contribution is 2.29. The Bertz CT molecular complexity index is 965. The number of fused-ring (bicyclic) bond motifs is 6. The van der Waals surface area contributed by atoms with Crippen LogP contribution in [0.2, 0.25) is 0 Å². The fraction of sp³-hybridized carbons (Fsp3) is 0.500. The first-order chi connectivity index (χ1) is 15.5. The molecule has 0 radical (unpaired) electrons. The molecule has 33 heavy (non-hydrogen) atoms. The largest absolute Gasteiger partial charge is 0.347 e. The highest BCUT2D eigenvalue weighted by Gasteiger charge is 2.25. The average Bonchev–Trinajstić information content (AvgIpc) is 2.80. The summed E-state index contributed by atoms with van der Waals surface area (Å²) >= 11 is 0. The van der Waals surface area contributed by atoms with E-state index in [4.69, 9.17) is 0 Å². The molecule has 1 aliphatic heterocycles. The molecule has 0 saturated heterocycles. The fourth-order valence-corrected chi connectivity index (χ4v) is 2.80. The Balaban J connectivity index is 2.06. The predicted octanol–water partition coefficient (Wildman–Crippen LogP) is 0.0567. The smallest absolute Gasteiger partial charge is 0.238 e. The third-order valence-corrected chi connectivity index (χ3v) is 4.80. The van der Waals surface area contributed by atoms with E-state index in [0.717, 1.165) is 0 Å². The number of aromatic nitrogens is 9. The molecule has 3 aromatic rings. The Morgan fingerprint density at radius 1 is 0.364 bits per heavy atom. The Morgan fingerprint density at radius 3 is 0.697 bits per heavy atom. The zero-order valence-corrected chi connectivity index (χ0v) is 20.2. The Labute approximate surface area is 191 Å². The number of nitrogens with zero attached hydrogens (tertiary/aromatic N) is 15. The van der Waals surface area contributed by atoms with E-state index in [-0.39, 0.29) is 0 Å². The summed E-state index contributed by atoms with van der Waals surface area (Å²) in [4.78, 5) is 51.9. The van der Waals surface area contributed by atoms with Crippen molar-refractivity contribution in [3.8, 4) is 0 Å². The van der Waals surface area contributed by atoms with Crippen molar-refractivity contribution in [1.82, 2.24) is 44.9 Å². The van der Waals surface area contributed by atoms with Crippen molar-refractivity contribution in [2.24, 2.45) is 0 Å². The van der Waals surface area contributed by atoms with Gasteiger partial charge >= 0.3 is 0 Å². The quantitative estimate of drug-likeness (QED) is 0.528. The van der Waals surface area contributed by atoms with Gasteiger partial charge in [0.25, 0.3) is 0 Å². The zero-order valence-electron chi connectivity index (χ0n) is 20.2. The van der Waals surface area contributed by atoms with Crippen molar-refractivity contribution < 1.29 is 0 Å². The highest BCUT2D eigenvalue weighted by molar-refractivity contribution is 5.62. The van der Waals surface area contributed by atoms with Gasteiger partial charge in [0.2, 0.25) is 53.5 Å². The van der Waals surface area contributed by atoms with Gasteiger partial charge in [0.15, 0.2) is 0 Å². The van der Waals surface area contributed by atoms with Crippen LogP contribution in [0.1, 0.15) is 0 Å². The highest BCUT2D eigenvalue weighted by atomic mass is 15.5. The lowest BCUT2D eigenvalue weighted by atomic mass is 10.6. The molecule has 15 heteroatoms. The topological polar surface area (TPSA) is 135 Å². The van der Waals surface area contributed by atoms with Crippen LogP contribution in [0.15, 0.2) is 0 Å². The monoisotopic (exact) mass is 453 g/mol. The molecule has 0 N–H and O–H groups in total. The van der Waals surface area contributed by atoms with Gasteiger partial charge < -0.3 is 14.7 Å². The molecule has 0 fully saturated rings. The molecule has 0 spiro atoms. The van der Waals surface area contributed by atoms with Crippen molar-refractivity contribution >= 4 is 53.5 Å². The molecular formula is C18H27N15. The van der Waals surface area contributed by atoms with E-state index in [0.29, 0.717) is 53.5 Å². The van der Waals surface area contributed by atoms with E-state index in [1.165, 1.54) is 0 Å². The van der Waals surface area contributed by atoms with E-state index in [9.17, 15) is 0 Å². The third kappa shape index (κ3) is 4.04. The van der Waals surface area contributed by atoms with Crippen molar-refractivity contribution in [1.29, 1.82) is 0 Å². The summed E-state index contributed by atoms with van der Waals surface area (Å²) in [5.74, 6) is 3.58. The molecular weight excluding hydrogens is 426 g/mol. The second kappa shape index (κ2) is 8.07. The van der Waals surface area contributed by atoms with Crippen LogP contribution in [-0.2, 0) is 0 Å². The van der Waals surface area contributed by atoms with Crippen molar-refractivity contribution in [3.05, 3.63) is 0 Å². The molecule has 0 aromatic carbocycles. The Kier molecular flexibility index (Phi) is 5.39. The first-order valence-corrected chi connectivity index (χ1v) is 10.1. The van der Waals surface area contributed by atoms with Crippen molar-refractivity contribution in [2.45, 2.75) is 0 Å². The number of hydrogen-bond donors (Lipinski definition) is 0. The van der Waals surface area contributed by atoms with Crippen LogP contribution in [0.3, 0.4) is 0 Å². The normalized spacial score (nSPS) is 12.8. The van der Waals surface area contributed by atoms with Gasteiger partial charge in [-0.15, -0.1) is 0 Å².